The number of hydrogen-bond donors (Lipinski definition) is 0. The second kappa shape index (κ2) is 3.67. The van der Waals surface area contributed by atoms with Crippen molar-refractivity contribution < 1.29 is 18.0 Å². The van der Waals surface area contributed by atoms with E-state index in [0.29, 0.717) is 6.07 Å². The number of rotatable bonds is 1. The first-order valence-electron chi connectivity index (χ1n) is 2.98. The molecule has 6 heteroatoms. The summed E-state index contributed by atoms with van der Waals surface area (Å²) in [5.74, 6) is -4.13. The molecule has 1 aromatic carbocycles. The smallest absolute Gasteiger partial charge is 0.258 e. The lowest BCUT2D eigenvalue weighted by Crippen LogP contribution is -2.03. The number of carbonyl (C=O) groups excluding carboxylic acids is 1. The van der Waals surface area contributed by atoms with E-state index >= 15 is 0 Å². The van der Waals surface area contributed by atoms with Crippen LogP contribution in [0.25, 0.3) is 0 Å². The molecule has 70 valence electrons. The van der Waals surface area contributed by atoms with Crippen molar-refractivity contribution in [1.82, 2.24) is 0 Å². The van der Waals surface area contributed by atoms with E-state index in [1.54, 1.807) is 0 Å². The minimum atomic E-state index is -1.58. The highest BCUT2D eigenvalue weighted by Crippen LogP contribution is 2.25. The van der Waals surface area contributed by atoms with Crippen LogP contribution in [-0.4, -0.2) is 5.24 Å². The Morgan fingerprint density at radius 2 is 1.85 bits per heavy atom. The zero-order valence-electron chi connectivity index (χ0n) is 5.88. The minimum absolute atomic E-state index is 0.351. The van der Waals surface area contributed by atoms with Gasteiger partial charge in [0.2, 0.25) is 0 Å². The first kappa shape index (κ1) is 10.5. The zero-order chi connectivity index (χ0) is 10.2. The highest BCUT2D eigenvalue weighted by molar-refractivity contribution is 9.10. The van der Waals surface area contributed by atoms with E-state index < -0.39 is 28.3 Å². The summed E-state index contributed by atoms with van der Waals surface area (Å²) in [6.07, 6.45) is 0. The predicted molar refractivity (Wildman–Crippen MR) is 44.2 cm³/mol. The van der Waals surface area contributed by atoms with Gasteiger partial charge in [0, 0.05) is 0 Å². The second-order valence-electron chi connectivity index (χ2n) is 2.12. The maximum Gasteiger partial charge on any atom is 0.258 e. The third-order valence-corrected chi connectivity index (χ3v) is 2.07. The van der Waals surface area contributed by atoms with Crippen molar-refractivity contribution in [3.8, 4) is 0 Å². The normalized spacial score (nSPS) is 10.2. The van der Waals surface area contributed by atoms with Gasteiger partial charge in [-0.15, -0.1) is 0 Å². The molecule has 13 heavy (non-hydrogen) atoms. The molecule has 1 rings (SSSR count). The molecule has 0 heterocycles. The summed E-state index contributed by atoms with van der Waals surface area (Å²) in [6, 6.07) is 0.577. The largest absolute Gasteiger partial charge is 0.275 e. The van der Waals surface area contributed by atoms with Gasteiger partial charge in [0.05, 0.1) is 4.47 Å². The molecule has 0 aliphatic rings. The number of halogens is 5. The van der Waals surface area contributed by atoms with E-state index in [1.165, 1.54) is 0 Å². The molecular formula is C7HBrClF3O. The Morgan fingerprint density at radius 1 is 1.31 bits per heavy atom. The Labute approximate surface area is 84.6 Å². The Kier molecular flexibility index (Phi) is 2.98. The van der Waals surface area contributed by atoms with Crippen molar-refractivity contribution in [1.29, 1.82) is 0 Å². The molecule has 0 bridgehead atoms. The van der Waals surface area contributed by atoms with Gasteiger partial charge in [0.15, 0.2) is 17.5 Å². The van der Waals surface area contributed by atoms with Crippen LogP contribution >= 0.6 is 27.5 Å². The van der Waals surface area contributed by atoms with Crippen LogP contribution in [0.5, 0.6) is 0 Å². The van der Waals surface area contributed by atoms with Crippen LogP contribution in [0.4, 0.5) is 13.2 Å². The highest BCUT2D eigenvalue weighted by Gasteiger charge is 2.21. The first-order valence-corrected chi connectivity index (χ1v) is 4.15. The number of benzene rings is 1. The maximum atomic E-state index is 12.9. The van der Waals surface area contributed by atoms with Crippen molar-refractivity contribution in [2.75, 3.05) is 0 Å². The number of hydrogen-bond acceptors (Lipinski definition) is 1. The lowest BCUT2D eigenvalue weighted by Gasteiger charge is -2.02. The van der Waals surface area contributed by atoms with Crippen molar-refractivity contribution in [2.45, 2.75) is 0 Å². The van der Waals surface area contributed by atoms with Crippen LogP contribution in [0.1, 0.15) is 10.4 Å². The minimum Gasteiger partial charge on any atom is -0.275 e. The van der Waals surface area contributed by atoms with Gasteiger partial charge in [-0.1, -0.05) is 0 Å². The van der Waals surface area contributed by atoms with Crippen LogP contribution in [0.15, 0.2) is 10.5 Å². The molecule has 0 saturated carbocycles. The molecule has 0 N–H and O–H groups in total. The lowest BCUT2D eigenvalue weighted by atomic mass is 10.2. The van der Waals surface area contributed by atoms with Gasteiger partial charge in [0.25, 0.3) is 5.24 Å². The van der Waals surface area contributed by atoms with E-state index in [9.17, 15) is 18.0 Å². The fourth-order valence-electron chi connectivity index (χ4n) is 0.746. The molecule has 0 aliphatic heterocycles. The fraction of sp³-hybridized carbons (Fsp3) is 0. The fourth-order valence-corrected chi connectivity index (χ4v) is 1.31. The summed E-state index contributed by atoms with van der Waals surface area (Å²) in [5.41, 5.74) is -1.09. The van der Waals surface area contributed by atoms with Crippen LogP contribution < -0.4 is 0 Å². The Bertz CT molecular complexity index is 354. The van der Waals surface area contributed by atoms with Gasteiger partial charge in [-0.3, -0.25) is 4.79 Å². The van der Waals surface area contributed by atoms with Crippen molar-refractivity contribution >= 4 is 32.8 Å². The Morgan fingerprint density at radius 3 is 2.31 bits per heavy atom. The predicted octanol–water partition coefficient (Wildman–Crippen LogP) is 3.25. The molecule has 0 unspecified atom stereocenters. The first-order chi connectivity index (χ1) is 5.95. The summed E-state index contributed by atoms with van der Waals surface area (Å²) >= 11 is 7.46. The molecular weight excluding hydrogens is 272 g/mol. The molecule has 0 atom stereocenters. The quantitative estimate of drug-likeness (QED) is 0.567. The molecule has 0 aromatic heterocycles. The summed E-state index contributed by atoms with van der Waals surface area (Å²) in [4.78, 5) is 10.5. The van der Waals surface area contributed by atoms with Crippen LogP contribution in [0.2, 0.25) is 0 Å². The lowest BCUT2D eigenvalue weighted by molar-refractivity contribution is 0.107. The molecule has 0 saturated heterocycles. The Balaban J connectivity index is 3.56. The van der Waals surface area contributed by atoms with E-state index in [1.807, 2.05) is 0 Å². The third-order valence-electron chi connectivity index (χ3n) is 1.31. The van der Waals surface area contributed by atoms with Gasteiger partial charge in [-0.25, -0.2) is 13.2 Å². The van der Waals surface area contributed by atoms with Gasteiger partial charge in [0.1, 0.15) is 5.56 Å². The van der Waals surface area contributed by atoms with Crippen molar-refractivity contribution in [2.24, 2.45) is 0 Å². The molecule has 1 nitrogen and oxygen atoms in total. The van der Waals surface area contributed by atoms with Gasteiger partial charge in [-0.05, 0) is 33.6 Å². The van der Waals surface area contributed by atoms with E-state index in [0.717, 1.165) is 0 Å². The third kappa shape index (κ3) is 1.86. The summed E-state index contributed by atoms with van der Waals surface area (Å²) < 4.78 is 37.9. The standard InChI is InChI=1S/C7HBrClF3O/c8-2-1-3(10)6(12)4(5(2)11)7(9)13/h1H. The molecule has 0 fully saturated rings. The van der Waals surface area contributed by atoms with Crippen LogP contribution in [-0.2, 0) is 0 Å². The van der Waals surface area contributed by atoms with Crippen molar-refractivity contribution in [3.63, 3.8) is 0 Å². The topological polar surface area (TPSA) is 17.1 Å². The van der Waals surface area contributed by atoms with Gasteiger partial charge < -0.3 is 0 Å². The SMILES string of the molecule is O=C(Cl)c1c(F)c(F)cc(Br)c1F. The van der Waals surface area contributed by atoms with Crippen molar-refractivity contribution in [3.05, 3.63) is 33.6 Å². The molecule has 0 aliphatic carbocycles. The molecule has 0 amide bonds. The number of carbonyl (C=O) groups is 1. The Hall–Kier alpha value is -0.550. The highest BCUT2D eigenvalue weighted by atomic mass is 79.9. The van der Waals surface area contributed by atoms with Crippen LogP contribution in [0.3, 0.4) is 0 Å². The molecule has 0 radical (unpaired) electrons. The maximum absolute atomic E-state index is 12.9. The van der Waals surface area contributed by atoms with Crippen LogP contribution in [0, 0.1) is 17.5 Å². The second-order valence-corrected chi connectivity index (χ2v) is 3.31. The van der Waals surface area contributed by atoms with Gasteiger partial charge >= 0.3 is 0 Å². The zero-order valence-corrected chi connectivity index (χ0v) is 8.22. The average Bonchev–Trinajstić information content (AvgIpc) is 2.01. The summed E-state index contributed by atoms with van der Waals surface area (Å²) in [6.45, 7) is 0. The average molecular weight is 273 g/mol. The van der Waals surface area contributed by atoms with E-state index in [4.69, 9.17) is 11.6 Å². The van der Waals surface area contributed by atoms with E-state index in [2.05, 4.69) is 15.9 Å². The molecule has 0 spiro atoms. The summed E-state index contributed by atoms with van der Waals surface area (Å²) in [5, 5.41) is -1.38. The monoisotopic (exact) mass is 272 g/mol. The summed E-state index contributed by atoms with van der Waals surface area (Å²) in [7, 11) is 0. The van der Waals surface area contributed by atoms with E-state index in [-0.39, 0.29) is 4.47 Å². The molecule has 1 aromatic rings. The van der Waals surface area contributed by atoms with Gasteiger partial charge in [-0.2, -0.15) is 0 Å².